The fraction of sp³-hybridized carbons (Fsp3) is 0.179. The summed E-state index contributed by atoms with van der Waals surface area (Å²) in [4.78, 5) is 19.5. The Bertz CT molecular complexity index is 1390. The molecule has 7 nitrogen and oxygen atoms in total. The first kappa shape index (κ1) is 23.6. The van der Waals surface area contributed by atoms with E-state index in [1.54, 1.807) is 18.2 Å². The van der Waals surface area contributed by atoms with Crippen molar-refractivity contribution in [3.8, 4) is 35.1 Å². The van der Waals surface area contributed by atoms with Gasteiger partial charge in [-0.15, -0.1) is 6.42 Å². The van der Waals surface area contributed by atoms with Gasteiger partial charge in [0.05, 0.1) is 12.3 Å². The summed E-state index contributed by atoms with van der Waals surface area (Å²) in [6, 6.07) is 19.4. The summed E-state index contributed by atoms with van der Waals surface area (Å²) in [5.74, 6) is 3.29. The van der Waals surface area contributed by atoms with Crippen LogP contribution in [0.4, 0.5) is 5.82 Å². The highest BCUT2D eigenvalue weighted by molar-refractivity contribution is 5.89. The van der Waals surface area contributed by atoms with Gasteiger partial charge in [0, 0.05) is 23.7 Å². The average Bonchev–Trinajstić information content (AvgIpc) is 2.88. The standard InChI is InChI=1S/C28H25N3O4/c1-3-22-20(10-9-19-7-5-6-8-23(19)22)13-14-29-27-16-24(30-18-31-27)21-11-12-25(35-17-28(32)33)26(15-21)34-4-2/h1,5-12,15-16,18H,4,13-14,17H2,2H3,(H,32,33)(H,29,30,31). The van der Waals surface area contributed by atoms with E-state index in [2.05, 4.69) is 39.4 Å². The highest BCUT2D eigenvalue weighted by atomic mass is 16.5. The Morgan fingerprint density at radius 2 is 1.91 bits per heavy atom. The first-order chi connectivity index (χ1) is 17.1. The Hall–Kier alpha value is -4.57. The molecule has 4 rings (SSSR count). The molecular formula is C28H25N3O4. The predicted molar refractivity (Wildman–Crippen MR) is 136 cm³/mol. The third-order valence-corrected chi connectivity index (χ3v) is 5.42. The van der Waals surface area contributed by atoms with Crippen LogP contribution in [0.15, 0.2) is 67.0 Å². The molecule has 35 heavy (non-hydrogen) atoms. The lowest BCUT2D eigenvalue weighted by atomic mass is 9.97. The zero-order valence-electron chi connectivity index (χ0n) is 19.3. The Morgan fingerprint density at radius 1 is 1.06 bits per heavy atom. The molecule has 4 aromatic rings. The summed E-state index contributed by atoms with van der Waals surface area (Å²) in [5.41, 5.74) is 3.52. The van der Waals surface area contributed by atoms with E-state index in [-0.39, 0.29) is 0 Å². The minimum atomic E-state index is -1.05. The normalized spacial score (nSPS) is 10.5. The number of rotatable bonds is 10. The monoisotopic (exact) mass is 467 g/mol. The molecule has 2 N–H and O–H groups in total. The largest absolute Gasteiger partial charge is 0.490 e. The highest BCUT2D eigenvalue weighted by Crippen LogP contribution is 2.32. The van der Waals surface area contributed by atoms with E-state index in [4.69, 9.17) is 21.0 Å². The first-order valence-electron chi connectivity index (χ1n) is 11.2. The van der Waals surface area contributed by atoms with Gasteiger partial charge >= 0.3 is 5.97 Å². The number of aliphatic carboxylic acids is 1. The number of fused-ring (bicyclic) bond motifs is 1. The van der Waals surface area contributed by atoms with Crippen molar-refractivity contribution in [3.05, 3.63) is 78.1 Å². The van der Waals surface area contributed by atoms with Crippen molar-refractivity contribution < 1.29 is 19.4 Å². The van der Waals surface area contributed by atoms with Crippen LogP contribution in [-0.2, 0) is 11.2 Å². The molecule has 0 bridgehead atoms. The smallest absolute Gasteiger partial charge is 0.341 e. The van der Waals surface area contributed by atoms with Crippen molar-refractivity contribution in [3.63, 3.8) is 0 Å². The molecule has 1 aromatic heterocycles. The predicted octanol–water partition coefficient (Wildman–Crippen LogP) is 4.79. The van der Waals surface area contributed by atoms with E-state index in [1.807, 2.05) is 31.2 Å². The lowest BCUT2D eigenvalue weighted by molar-refractivity contribution is -0.139. The number of benzene rings is 3. The quantitative estimate of drug-likeness (QED) is 0.324. The molecule has 1 heterocycles. The topological polar surface area (TPSA) is 93.6 Å². The number of hydrogen-bond acceptors (Lipinski definition) is 6. The number of carboxylic acid groups (broad SMARTS) is 1. The lowest BCUT2D eigenvalue weighted by Crippen LogP contribution is -2.10. The minimum Gasteiger partial charge on any atom is -0.490 e. The second-order valence-electron chi connectivity index (χ2n) is 7.71. The average molecular weight is 468 g/mol. The van der Waals surface area contributed by atoms with E-state index in [9.17, 15) is 4.79 Å². The van der Waals surface area contributed by atoms with Crippen LogP contribution in [0.2, 0.25) is 0 Å². The Kier molecular flexibility index (Phi) is 7.44. The van der Waals surface area contributed by atoms with Gasteiger partial charge in [-0.3, -0.25) is 0 Å². The summed E-state index contributed by atoms with van der Waals surface area (Å²) in [6.07, 6.45) is 8.06. The van der Waals surface area contributed by atoms with Crippen LogP contribution in [0, 0.1) is 12.3 Å². The van der Waals surface area contributed by atoms with Crippen LogP contribution in [0.5, 0.6) is 11.5 Å². The Labute approximate surface area is 203 Å². The van der Waals surface area contributed by atoms with Gasteiger partial charge in [0.1, 0.15) is 12.1 Å². The maximum absolute atomic E-state index is 10.8. The number of anilines is 1. The molecule has 0 aliphatic heterocycles. The van der Waals surface area contributed by atoms with Crippen LogP contribution in [0.1, 0.15) is 18.1 Å². The van der Waals surface area contributed by atoms with Crippen LogP contribution in [0.25, 0.3) is 22.0 Å². The molecule has 3 aromatic carbocycles. The molecule has 0 fully saturated rings. The highest BCUT2D eigenvalue weighted by Gasteiger charge is 2.11. The molecule has 0 unspecified atom stereocenters. The molecule has 0 saturated heterocycles. The van der Waals surface area contributed by atoms with E-state index in [0.29, 0.717) is 36.2 Å². The number of terminal acetylenes is 1. The van der Waals surface area contributed by atoms with Crippen LogP contribution in [-0.4, -0.2) is 40.8 Å². The number of carboxylic acids is 1. The zero-order valence-corrected chi connectivity index (χ0v) is 19.3. The second-order valence-corrected chi connectivity index (χ2v) is 7.71. The number of carbonyl (C=O) groups is 1. The number of aromatic nitrogens is 2. The van der Waals surface area contributed by atoms with Gasteiger partial charge in [0.15, 0.2) is 18.1 Å². The van der Waals surface area contributed by atoms with E-state index in [1.165, 1.54) is 6.33 Å². The molecule has 0 amide bonds. The Balaban J connectivity index is 1.48. The minimum absolute atomic E-state index is 0.366. The van der Waals surface area contributed by atoms with E-state index < -0.39 is 12.6 Å². The fourth-order valence-electron chi connectivity index (χ4n) is 3.83. The maximum atomic E-state index is 10.8. The third kappa shape index (κ3) is 5.68. The van der Waals surface area contributed by atoms with Gasteiger partial charge in [-0.2, -0.15) is 0 Å². The molecule has 0 radical (unpaired) electrons. The second kappa shape index (κ2) is 11.0. The molecule has 7 heteroatoms. The summed E-state index contributed by atoms with van der Waals surface area (Å²) in [5, 5.41) is 14.4. The zero-order chi connectivity index (χ0) is 24.6. The summed E-state index contributed by atoms with van der Waals surface area (Å²) in [6.45, 7) is 2.47. The summed E-state index contributed by atoms with van der Waals surface area (Å²) >= 11 is 0. The molecule has 0 atom stereocenters. The summed E-state index contributed by atoms with van der Waals surface area (Å²) in [7, 11) is 0. The van der Waals surface area contributed by atoms with Gasteiger partial charge < -0.3 is 19.9 Å². The van der Waals surface area contributed by atoms with Crippen molar-refractivity contribution in [1.29, 1.82) is 0 Å². The summed E-state index contributed by atoms with van der Waals surface area (Å²) < 4.78 is 11.0. The number of nitrogens with one attached hydrogen (secondary N) is 1. The third-order valence-electron chi connectivity index (χ3n) is 5.42. The lowest BCUT2D eigenvalue weighted by Gasteiger charge is -2.13. The maximum Gasteiger partial charge on any atom is 0.341 e. The van der Waals surface area contributed by atoms with Crippen LogP contribution < -0.4 is 14.8 Å². The molecular weight excluding hydrogens is 442 g/mol. The Morgan fingerprint density at radius 3 is 2.71 bits per heavy atom. The van der Waals surface area contributed by atoms with Crippen molar-refractivity contribution in [1.82, 2.24) is 9.97 Å². The van der Waals surface area contributed by atoms with Crippen molar-refractivity contribution in [2.45, 2.75) is 13.3 Å². The van der Waals surface area contributed by atoms with Gasteiger partial charge in [-0.1, -0.05) is 42.3 Å². The van der Waals surface area contributed by atoms with Crippen molar-refractivity contribution >= 4 is 22.6 Å². The van der Waals surface area contributed by atoms with Crippen molar-refractivity contribution in [2.24, 2.45) is 0 Å². The molecule has 0 aliphatic rings. The fourth-order valence-corrected chi connectivity index (χ4v) is 3.83. The van der Waals surface area contributed by atoms with Gasteiger partial charge in [-0.05, 0) is 47.9 Å². The van der Waals surface area contributed by atoms with E-state index >= 15 is 0 Å². The van der Waals surface area contributed by atoms with Crippen LogP contribution in [0.3, 0.4) is 0 Å². The van der Waals surface area contributed by atoms with E-state index in [0.717, 1.165) is 33.9 Å². The molecule has 176 valence electrons. The van der Waals surface area contributed by atoms with Gasteiger partial charge in [0.2, 0.25) is 0 Å². The molecule has 0 saturated carbocycles. The van der Waals surface area contributed by atoms with Crippen molar-refractivity contribution in [2.75, 3.05) is 25.1 Å². The van der Waals surface area contributed by atoms with Gasteiger partial charge in [0.25, 0.3) is 0 Å². The molecule has 0 spiro atoms. The van der Waals surface area contributed by atoms with Gasteiger partial charge in [-0.25, -0.2) is 14.8 Å². The number of ether oxygens (including phenoxy) is 2. The number of nitrogens with zero attached hydrogens (tertiary/aromatic N) is 2. The van der Waals surface area contributed by atoms with Crippen LogP contribution >= 0.6 is 0 Å². The number of hydrogen-bond donors (Lipinski definition) is 2. The SMILES string of the molecule is C#Cc1c(CCNc2cc(-c3ccc(OCC(=O)O)c(OCC)c3)ncn2)ccc2ccccc12. The first-order valence-corrected chi connectivity index (χ1v) is 11.2. The molecule has 0 aliphatic carbocycles.